The number of H-pyrrole nitrogens is 1. The van der Waals surface area contributed by atoms with Gasteiger partial charge in [0.25, 0.3) is 11.5 Å². The fourth-order valence-electron chi connectivity index (χ4n) is 3.38. The van der Waals surface area contributed by atoms with E-state index in [4.69, 9.17) is 0 Å². The molecule has 0 spiro atoms. The van der Waals surface area contributed by atoms with Crippen LogP contribution in [0.15, 0.2) is 10.9 Å². The summed E-state index contributed by atoms with van der Waals surface area (Å²) in [4.78, 5) is 29.5. The van der Waals surface area contributed by atoms with Crippen molar-refractivity contribution in [3.8, 4) is 0 Å². The van der Waals surface area contributed by atoms with Gasteiger partial charge in [-0.05, 0) is 63.2 Å². The van der Waals surface area contributed by atoms with E-state index in [0.29, 0.717) is 5.56 Å². The molecule has 0 atom stereocenters. The van der Waals surface area contributed by atoms with Gasteiger partial charge in [0.1, 0.15) is 5.56 Å². The second-order valence-electron chi connectivity index (χ2n) is 6.12. The van der Waals surface area contributed by atoms with Gasteiger partial charge < -0.3 is 15.2 Å². The standard InChI is InChI=1S/C16H23N3O2/c1-19(12-6-8-17-9-7-12)16(21)13-10-11-4-2-3-5-14(11)18-15(13)20/h10,12,17H,2-9H2,1H3,(H,18,20). The fraction of sp³-hybridized carbons (Fsp3) is 0.625. The number of aromatic nitrogens is 1. The topological polar surface area (TPSA) is 65.2 Å². The lowest BCUT2D eigenvalue weighted by molar-refractivity contribution is 0.0701. The minimum absolute atomic E-state index is 0.142. The van der Waals surface area contributed by atoms with E-state index in [2.05, 4.69) is 10.3 Å². The molecule has 1 fully saturated rings. The Kier molecular flexibility index (Phi) is 4.10. The summed E-state index contributed by atoms with van der Waals surface area (Å²) in [5.41, 5.74) is 2.23. The first kappa shape index (κ1) is 14.3. The van der Waals surface area contributed by atoms with Crippen LogP contribution >= 0.6 is 0 Å². The van der Waals surface area contributed by atoms with Crippen LogP contribution in [0, 0.1) is 0 Å². The Bertz CT molecular complexity index is 588. The summed E-state index contributed by atoms with van der Waals surface area (Å²) in [5, 5.41) is 3.29. The molecule has 1 amide bonds. The van der Waals surface area contributed by atoms with E-state index in [-0.39, 0.29) is 17.5 Å². The van der Waals surface area contributed by atoms with E-state index in [0.717, 1.165) is 62.9 Å². The van der Waals surface area contributed by atoms with Crippen LogP contribution in [0.3, 0.4) is 0 Å². The van der Waals surface area contributed by atoms with Crippen molar-refractivity contribution in [1.82, 2.24) is 15.2 Å². The predicted octanol–water partition coefficient (Wildman–Crippen LogP) is 1.08. The molecule has 3 rings (SSSR count). The zero-order valence-corrected chi connectivity index (χ0v) is 12.6. The molecule has 5 nitrogen and oxygen atoms in total. The van der Waals surface area contributed by atoms with Gasteiger partial charge in [0.15, 0.2) is 0 Å². The summed E-state index contributed by atoms with van der Waals surface area (Å²) in [7, 11) is 1.82. The van der Waals surface area contributed by atoms with Crippen molar-refractivity contribution >= 4 is 5.91 Å². The minimum atomic E-state index is -0.235. The number of aromatic amines is 1. The molecule has 0 saturated carbocycles. The first-order chi connectivity index (χ1) is 10.2. The molecule has 1 aromatic heterocycles. The molecule has 1 aliphatic heterocycles. The lowest BCUT2D eigenvalue weighted by Gasteiger charge is -2.31. The maximum atomic E-state index is 12.6. The summed E-state index contributed by atoms with van der Waals surface area (Å²) in [6.07, 6.45) is 6.03. The van der Waals surface area contributed by atoms with Crippen molar-refractivity contribution < 1.29 is 4.79 Å². The highest BCUT2D eigenvalue weighted by Crippen LogP contribution is 2.20. The van der Waals surface area contributed by atoms with Gasteiger partial charge in [0.2, 0.25) is 0 Å². The smallest absolute Gasteiger partial charge is 0.261 e. The number of nitrogens with zero attached hydrogens (tertiary/aromatic N) is 1. The number of aryl methyl sites for hydroxylation is 2. The average Bonchev–Trinajstić information content (AvgIpc) is 2.53. The van der Waals surface area contributed by atoms with Gasteiger partial charge in [0, 0.05) is 18.8 Å². The number of piperidine rings is 1. The zero-order chi connectivity index (χ0) is 14.8. The van der Waals surface area contributed by atoms with E-state index in [1.807, 2.05) is 13.1 Å². The van der Waals surface area contributed by atoms with Crippen molar-refractivity contribution in [3.05, 3.63) is 33.2 Å². The third-order valence-electron chi connectivity index (χ3n) is 4.75. The van der Waals surface area contributed by atoms with Crippen LogP contribution in [0.4, 0.5) is 0 Å². The molecule has 1 aliphatic carbocycles. The first-order valence-electron chi connectivity index (χ1n) is 7.90. The Hall–Kier alpha value is -1.62. The second-order valence-corrected chi connectivity index (χ2v) is 6.12. The lowest BCUT2D eigenvalue weighted by atomic mass is 9.94. The Morgan fingerprint density at radius 2 is 1.95 bits per heavy atom. The largest absolute Gasteiger partial charge is 0.338 e. The summed E-state index contributed by atoms with van der Waals surface area (Å²) < 4.78 is 0. The number of fused-ring (bicyclic) bond motifs is 1. The molecular weight excluding hydrogens is 266 g/mol. The van der Waals surface area contributed by atoms with Gasteiger partial charge >= 0.3 is 0 Å². The van der Waals surface area contributed by atoms with Gasteiger partial charge in [-0.1, -0.05) is 0 Å². The summed E-state index contributed by atoms with van der Waals surface area (Å²) in [6.45, 7) is 1.87. The highest BCUT2D eigenvalue weighted by molar-refractivity contribution is 5.94. The quantitative estimate of drug-likeness (QED) is 0.856. The Morgan fingerprint density at radius 3 is 2.71 bits per heavy atom. The highest BCUT2D eigenvalue weighted by atomic mass is 16.2. The van der Waals surface area contributed by atoms with Crippen molar-refractivity contribution in [2.24, 2.45) is 0 Å². The molecule has 0 radical (unpaired) electrons. The predicted molar refractivity (Wildman–Crippen MR) is 81.7 cm³/mol. The molecule has 0 aromatic carbocycles. The summed E-state index contributed by atoms with van der Waals surface area (Å²) in [6, 6.07) is 2.06. The van der Waals surface area contributed by atoms with Gasteiger partial charge in [-0.3, -0.25) is 9.59 Å². The molecule has 2 N–H and O–H groups in total. The number of rotatable bonds is 2. The van der Waals surface area contributed by atoms with E-state index in [9.17, 15) is 9.59 Å². The fourth-order valence-corrected chi connectivity index (χ4v) is 3.38. The minimum Gasteiger partial charge on any atom is -0.338 e. The number of carbonyl (C=O) groups is 1. The third kappa shape index (κ3) is 2.88. The molecule has 0 unspecified atom stereocenters. The average molecular weight is 289 g/mol. The van der Waals surface area contributed by atoms with Crippen molar-refractivity contribution in [2.75, 3.05) is 20.1 Å². The van der Waals surface area contributed by atoms with Crippen LogP contribution < -0.4 is 10.9 Å². The number of nitrogens with one attached hydrogen (secondary N) is 2. The molecule has 2 aliphatic rings. The second kappa shape index (κ2) is 6.02. The Balaban J connectivity index is 1.85. The van der Waals surface area contributed by atoms with Gasteiger partial charge in [-0.25, -0.2) is 0 Å². The molecule has 0 bridgehead atoms. The zero-order valence-electron chi connectivity index (χ0n) is 12.6. The van der Waals surface area contributed by atoms with Crippen LogP contribution in [-0.2, 0) is 12.8 Å². The van der Waals surface area contributed by atoms with Crippen molar-refractivity contribution in [2.45, 2.75) is 44.6 Å². The summed E-state index contributed by atoms with van der Waals surface area (Å²) in [5.74, 6) is -0.142. The van der Waals surface area contributed by atoms with Crippen molar-refractivity contribution in [3.63, 3.8) is 0 Å². The van der Waals surface area contributed by atoms with Crippen LogP contribution in [0.25, 0.3) is 0 Å². The van der Waals surface area contributed by atoms with E-state index >= 15 is 0 Å². The lowest BCUT2D eigenvalue weighted by Crippen LogP contribution is -2.45. The number of pyridine rings is 1. The Morgan fingerprint density at radius 1 is 1.24 bits per heavy atom. The Labute approximate surface area is 124 Å². The molecule has 2 heterocycles. The number of hydrogen-bond acceptors (Lipinski definition) is 3. The molecule has 21 heavy (non-hydrogen) atoms. The van der Waals surface area contributed by atoms with Crippen molar-refractivity contribution in [1.29, 1.82) is 0 Å². The van der Waals surface area contributed by atoms with E-state index < -0.39 is 0 Å². The summed E-state index contributed by atoms with van der Waals surface area (Å²) >= 11 is 0. The molecule has 114 valence electrons. The number of carbonyl (C=O) groups excluding carboxylic acids is 1. The highest BCUT2D eigenvalue weighted by Gasteiger charge is 2.25. The van der Waals surface area contributed by atoms with E-state index in [1.165, 1.54) is 0 Å². The third-order valence-corrected chi connectivity index (χ3v) is 4.75. The molecule has 1 saturated heterocycles. The van der Waals surface area contributed by atoms with Gasteiger partial charge in [-0.2, -0.15) is 0 Å². The number of amides is 1. The number of hydrogen-bond donors (Lipinski definition) is 2. The van der Waals surface area contributed by atoms with Crippen LogP contribution in [0.5, 0.6) is 0 Å². The maximum absolute atomic E-state index is 12.6. The van der Waals surface area contributed by atoms with Crippen LogP contribution in [0.1, 0.15) is 47.3 Å². The first-order valence-corrected chi connectivity index (χ1v) is 7.90. The normalized spacial score (nSPS) is 19.1. The van der Waals surface area contributed by atoms with Crippen LogP contribution in [-0.4, -0.2) is 42.0 Å². The van der Waals surface area contributed by atoms with E-state index in [1.54, 1.807) is 4.90 Å². The maximum Gasteiger partial charge on any atom is 0.261 e. The monoisotopic (exact) mass is 289 g/mol. The van der Waals surface area contributed by atoms with Crippen LogP contribution in [0.2, 0.25) is 0 Å². The SMILES string of the molecule is CN(C(=O)c1cc2c([nH]c1=O)CCCC2)C1CCNCC1. The molecule has 5 heteroatoms. The molecule has 1 aromatic rings. The molecular formula is C16H23N3O2. The van der Waals surface area contributed by atoms with Gasteiger partial charge in [0.05, 0.1) is 0 Å². The van der Waals surface area contributed by atoms with Gasteiger partial charge in [-0.15, -0.1) is 0 Å².